The van der Waals surface area contributed by atoms with E-state index in [9.17, 15) is 0 Å². The first-order valence-corrected chi connectivity index (χ1v) is 13.5. The van der Waals surface area contributed by atoms with E-state index in [0.29, 0.717) is 5.71 Å². The molecule has 32 heavy (non-hydrogen) atoms. The van der Waals surface area contributed by atoms with Crippen molar-refractivity contribution in [1.82, 2.24) is 0 Å². The quantitative estimate of drug-likeness (QED) is 0.107. The van der Waals surface area contributed by atoms with Crippen molar-refractivity contribution >= 4 is 16.5 Å². The van der Waals surface area contributed by atoms with Gasteiger partial charge in [0.05, 0.1) is 5.71 Å². The van der Waals surface area contributed by atoms with Crippen LogP contribution in [-0.2, 0) is 6.42 Å². The molecular weight excluding hydrogens is 390 g/mol. The van der Waals surface area contributed by atoms with Gasteiger partial charge in [-0.3, -0.25) is 0 Å². The second-order valence-corrected chi connectivity index (χ2v) is 9.63. The number of benzene rings is 2. The lowest BCUT2D eigenvalue weighted by atomic mass is 9.99. The van der Waals surface area contributed by atoms with Crippen LogP contribution in [0.2, 0.25) is 0 Å². The van der Waals surface area contributed by atoms with Gasteiger partial charge in [-0.05, 0) is 47.7 Å². The Hall–Kier alpha value is -1.83. The Bertz CT molecular complexity index is 779. The van der Waals surface area contributed by atoms with Crippen molar-refractivity contribution < 1.29 is 5.21 Å². The van der Waals surface area contributed by atoms with Crippen molar-refractivity contribution in [2.24, 2.45) is 5.16 Å². The zero-order chi connectivity index (χ0) is 22.9. The third-order valence-corrected chi connectivity index (χ3v) is 6.79. The third-order valence-electron chi connectivity index (χ3n) is 6.79. The largest absolute Gasteiger partial charge is 0.411 e. The molecule has 2 aromatic rings. The first kappa shape index (κ1) is 26.4. The average molecular weight is 438 g/mol. The Balaban J connectivity index is 1.46. The normalized spacial score (nSPS) is 12.0. The Labute approximate surface area is 197 Å². The first-order chi connectivity index (χ1) is 15.7. The van der Waals surface area contributed by atoms with E-state index in [2.05, 4.69) is 42.4 Å². The van der Waals surface area contributed by atoms with Gasteiger partial charge in [-0.1, -0.05) is 139 Å². The van der Waals surface area contributed by atoms with E-state index in [-0.39, 0.29) is 0 Å². The Kier molecular flexibility index (Phi) is 13.8. The lowest BCUT2D eigenvalue weighted by Crippen LogP contribution is -1.94. The van der Waals surface area contributed by atoms with Crippen molar-refractivity contribution in [3.8, 4) is 0 Å². The summed E-state index contributed by atoms with van der Waals surface area (Å²) in [5.74, 6) is 0. The molecule has 0 amide bonds. The molecule has 0 radical (unpaired) electrons. The minimum absolute atomic E-state index is 0.657. The van der Waals surface area contributed by atoms with Crippen LogP contribution in [0.3, 0.4) is 0 Å². The molecule has 0 aliphatic heterocycles. The van der Waals surface area contributed by atoms with Crippen LogP contribution in [0.4, 0.5) is 0 Å². The van der Waals surface area contributed by atoms with E-state index >= 15 is 0 Å². The van der Waals surface area contributed by atoms with Crippen molar-refractivity contribution in [2.75, 3.05) is 0 Å². The van der Waals surface area contributed by atoms with Gasteiger partial charge >= 0.3 is 0 Å². The molecule has 0 unspecified atom stereocenters. The molecule has 0 spiro atoms. The second kappa shape index (κ2) is 16.8. The van der Waals surface area contributed by atoms with Crippen LogP contribution in [0.25, 0.3) is 10.8 Å². The Morgan fingerprint density at radius 1 is 0.625 bits per heavy atom. The summed E-state index contributed by atoms with van der Waals surface area (Å²) in [5.41, 5.74) is 3.07. The van der Waals surface area contributed by atoms with Gasteiger partial charge in [-0.2, -0.15) is 0 Å². The van der Waals surface area contributed by atoms with Gasteiger partial charge in [-0.15, -0.1) is 0 Å². The molecule has 0 heterocycles. The lowest BCUT2D eigenvalue weighted by Gasteiger charge is -2.06. The van der Waals surface area contributed by atoms with Crippen molar-refractivity contribution in [3.63, 3.8) is 0 Å². The molecule has 2 rings (SSSR count). The molecule has 0 saturated heterocycles. The van der Waals surface area contributed by atoms with Crippen LogP contribution in [0, 0.1) is 0 Å². The number of unbranched alkanes of at least 4 members (excludes halogenated alkanes) is 15. The molecule has 0 bridgehead atoms. The van der Waals surface area contributed by atoms with Gasteiger partial charge in [0.2, 0.25) is 0 Å². The number of nitrogens with zero attached hydrogens (tertiary/aromatic N) is 1. The van der Waals surface area contributed by atoms with Crippen LogP contribution < -0.4 is 0 Å². The number of hydrogen-bond acceptors (Lipinski definition) is 2. The Morgan fingerprint density at radius 2 is 1.09 bits per heavy atom. The van der Waals surface area contributed by atoms with Gasteiger partial charge in [-0.25, -0.2) is 0 Å². The highest BCUT2D eigenvalue weighted by Gasteiger charge is 2.02. The standard InChI is InChI=1S/C30H47NO/c1-3-4-5-6-7-8-9-10-11-12-13-14-15-16-17-18-19-27-20-21-30-25-28(26(2)31-32)22-23-29(30)24-27/h20-25,32H,3-19H2,1-2H3/b31-26-. The van der Waals surface area contributed by atoms with Crippen LogP contribution in [-0.4, -0.2) is 10.9 Å². The fourth-order valence-electron chi connectivity index (χ4n) is 4.61. The summed E-state index contributed by atoms with van der Waals surface area (Å²) in [6.07, 6.45) is 23.9. The van der Waals surface area contributed by atoms with Gasteiger partial charge in [0.1, 0.15) is 0 Å². The summed E-state index contributed by atoms with van der Waals surface area (Å²) in [4.78, 5) is 0. The van der Waals surface area contributed by atoms with Crippen molar-refractivity contribution in [1.29, 1.82) is 0 Å². The fourth-order valence-corrected chi connectivity index (χ4v) is 4.61. The smallest absolute Gasteiger partial charge is 0.0837 e. The van der Waals surface area contributed by atoms with Gasteiger partial charge < -0.3 is 5.21 Å². The molecule has 2 aromatic carbocycles. The zero-order valence-electron chi connectivity index (χ0n) is 20.9. The highest BCUT2D eigenvalue weighted by Crippen LogP contribution is 2.20. The van der Waals surface area contributed by atoms with Crippen LogP contribution in [0.1, 0.15) is 128 Å². The molecule has 2 nitrogen and oxygen atoms in total. The molecule has 0 aromatic heterocycles. The van der Waals surface area contributed by atoms with E-state index in [1.54, 1.807) is 0 Å². The molecule has 2 heteroatoms. The molecule has 0 atom stereocenters. The van der Waals surface area contributed by atoms with Crippen LogP contribution in [0.5, 0.6) is 0 Å². The highest BCUT2D eigenvalue weighted by atomic mass is 16.4. The molecule has 0 aliphatic rings. The summed E-state index contributed by atoms with van der Waals surface area (Å²) in [6, 6.07) is 13.0. The van der Waals surface area contributed by atoms with Crippen LogP contribution >= 0.6 is 0 Å². The van der Waals surface area contributed by atoms with Crippen molar-refractivity contribution in [2.45, 2.75) is 123 Å². The second-order valence-electron chi connectivity index (χ2n) is 9.63. The molecule has 0 fully saturated rings. The minimum atomic E-state index is 0.657. The third kappa shape index (κ3) is 10.7. The van der Waals surface area contributed by atoms with E-state index < -0.39 is 0 Å². The minimum Gasteiger partial charge on any atom is -0.411 e. The summed E-state index contributed by atoms with van der Waals surface area (Å²) < 4.78 is 0. The SMILES string of the molecule is CCCCCCCCCCCCCCCCCCc1ccc2cc(/C(C)=N\O)ccc2c1. The van der Waals surface area contributed by atoms with Gasteiger partial charge in [0.15, 0.2) is 0 Å². The topological polar surface area (TPSA) is 32.6 Å². The number of oxime groups is 1. The Morgan fingerprint density at radius 3 is 1.62 bits per heavy atom. The number of fused-ring (bicyclic) bond motifs is 1. The molecule has 1 N–H and O–H groups in total. The fraction of sp³-hybridized carbons (Fsp3) is 0.633. The predicted molar refractivity (Wildman–Crippen MR) is 141 cm³/mol. The average Bonchev–Trinajstić information content (AvgIpc) is 2.82. The number of hydrogen-bond donors (Lipinski definition) is 1. The maximum Gasteiger partial charge on any atom is 0.0837 e. The van der Waals surface area contributed by atoms with Gasteiger partial charge in [0.25, 0.3) is 0 Å². The summed E-state index contributed by atoms with van der Waals surface area (Å²) in [5, 5.41) is 14.7. The van der Waals surface area contributed by atoms with E-state index in [0.717, 1.165) is 5.56 Å². The highest BCUT2D eigenvalue weighted by molar-refractivity contribution is 6.01. The maximum absolute atomic E-state index is 8.96. The number of rotatable bonds is 18. The molecule has 178 valence electrons. The van der Waals surface area contributed by atoms with Crippen LogP contribution in [0.15, 0.2) is 41.6 Å². The maximum atomic E-state index is 8.96. The molecule has 0 saturated carbocycles. The lowest BCUT2D eigenvalue weighted by molar-refractivity contribution is 0.319. The van der Waals surface area contributed by atoms with Gasteiger partial charge in [0, 0.05) is 0 Å². The van der Waals surface area contributed by atoms with E-state index in [4.69, 9.17) is 5.21 Å². The monoisotopic (exact) mass is 437 g/mol. The number of aryl methyl sites for hydroxylation is 1. The molecule has 0 aliphatic carbocycles. The van der Waals surface area contributed by atoms with Crippen molar-refractivity contribution in [3.05, 3.63) is 47.5 Å². The zero-order valence-corrected chi connectivity index (χ0v) is 20.9. The summed E-state index contributed by atoms with van der Waals surface area (Å²) in [6.45, 7) is 4.12. The predicted octanol–water partition coefficient (Wildman–Crippen LogP) is 9.84. The summed E-state index contributed by atoms with van der Waals surface area (Å²) >= 11 is 0. The van der Waals surface area contributed by atoms with E-state index in [1.165, 1.54) is 125 Å². The first-order valence-electron chi connectivity index (χ1n) is 13.5. The van der Waals surface area contributed by atoms with E-state index in [1.807, 2.05) is 13.0 Å². The summed E-state index contributed by atoms with van der Waals surface area (Å²) in [7, 11) is 0. The molecular formula is C30H47NO.